The van der Waals surface area contributed by atoms with Crippen molar-refractivity contribution in [3.05, 3.63) is 66.2 Å². The van der Waals surface area contributed by atoms with E-state index < -0.39 is 0 Å². The summed E-state index contributed by atoms with van der Waals surface area (Å²) in [6.45, 7) is 6.86. The molecule has 5 rings (SSSR count). The van der Waals surface area contributed by atoms with Crippen LogP contribution >= 0.6 is 0 Å². The molecule has 27 heavy (non-hydrogen) atoms. The number of para-hydroxylation sites is 2. The number of benzene rings is 1. The molecule has 0 saturated carbocycles. The highest BCUT2D eigenvalue weighted by atomic mass is 15.3. The van der Waals surface area contributed by atoms with Gasteiger partial charge in [-0.05, 0) is 31.2 Å². The number of aryl methyl sites for hydroxylation is 1. The second-order valence-electron chi connectivity index (χ2n) is 7.08. The lowest BCUT2D eigenvalue weighted by molar-refractivity contribution is 0.247. The van der Waals surface area contributed by atoms with Crippen molar-refractivity contribution in [1.29, 1.82) is 0 Å². The number of rotatable bonds is 3. The summed E-state index contributed by atoms with van der Waals surface area (Å²) in [5, 5.41) is 0. The summed E-state index contributed by atoms with van der Waals surface area (Å²) in [5.74, 6) is 1.01. The van der Waals surface area contributed by atoms with Crippen LogP contribution in [0.15, 0.2) is 54.9 Å². The summed E-state index contributed by atoms with van der Waals surface area (Å²) in [6.07, 6.45) is 4.17. The van der Waals surface area contributed by atoms with Crippen LogP contribution in [-0.2, 0) is 6.54 Å². The fraction of sp³-hybridized carbons (Fsp3) is 0.286. The second-order valence-corrected chi connectivity index (χ2v) is 7.08. The molecule has 0 N–H and O–H groups in total. The van der Waals surface area contributed by atoms with Gasteiger partial charge >= 0.3 is 0 Å². The molecule has 1 aromatic carbocycles. The average molecular weight is 358 g/mol. The summed E-state index contributed by atoms with van der Waals surface area (Å²) < 4.78 is 2.08. The molecule has 0 amide bonds. The van der Waals surface area contributed by atoms with E-state index in [2.05, 4.69) is 27.3 Å². The Balaban J connectivity index is 1.29. The molecule has 0 unspecified atom stereocenters. The second kappa shape index (κ2) is 6.63. The molecule has 1 aliphatic rings. The quantitative estimate of drug-likeness (QED) is 0.564. The van der Waals surface area contributed by atoms with Gasteiger partial charge in [-0.25, -0.2) is 15.0 Å². The van der Waals surface area contributed by atoms with Crippen molar-refractivity contribution in [2.75, 3.05) is 31.1 Å². The lowest BCUT2D eigenvalue weighted by Gasteiger charge is -2.35. The maximum absolute atomic E-state index is 4.87. The van der Waals surface area contributed by atoms with E-state index in [1.165, 1.54) is 0 Å². The normalized spacial score (nSPS) is 15.7. The monoisotopic (exact) mass is 358 g/mol. The number of aromatic nitrogens is 4. The predicted octanol–water partition coefficient (Wildman–Crippen LogP) is 2.91. The van der Waals surface area contributed by atoms with Crippen LogP contribution < -0.4 is 4.90 Å². The van der Waals surface area contributed by atoms with Crippen LogP contribution in [0.1, 0.15) is 11.4 Å². The molecule has 136 valence electrons. The van der Waals surface area contributed by atoms with E-state index in [9.17, 15) is 0 Å². The van der Waals surface area contributed by atoms with Gasteiger partial charge in [0.05, 0.1) is 22.4 Å². The maximum atomic E-state index is 4.87. The zero-order chi connectivity index (χ0) is 18.2. The lowest BCUT2D eigenvalue weighted by Crippen LogP contribution is -2.46. The van der Waals surface area contributed by atoms with E-state index in [1.54, 1.807) is 0 Å². The van der Waals surface area contributed by atoms with Gasteiger partial charge in [0.1, 0.15) is 5.65 Å². The largest absolute Gasteiger partial charge is 0.353 e. The van der Waals surface area contributed by atoms with Gasteiger partial charge in [0.2, 0.25) is 0 Å². The molecule has 1 aliphatic heterocycles. The Labute approximate surface area is 158 Å². The Kier molecular flexibility index (Phi) is 3.98. The molecular weight excluding hydrogens is 336 g/mol. The summed E-state index contributed by atoms with van der Waals surface area (Å²) in [4.78, 5) is 19.1. The van der Waals surface area contributed by atoms with E-state index in [4.69, 9.17) is 15.0 Å². The third-order valence-corrected chi connectivity index (χ3v) is 5.19. The molecule has 0 bridgehead atoms. The molecule has 0 aliphatic carbocycles. The first-order chi connectivity index (χ1) is 13.3. The van der Waals surface area contributed by atoms with E-state index in [-0.39, 0.29) is 0 Å². The Hall–Kier alpha value is -2.99. The number of imidazole rings is 1. The van der Waals surface area contributed by atoms with Crippen molar-refractivity contribution in [2.24, 2.45) is 0 Å². The van der Waals surface area contributed by atoms with Gasteiger partial charge in [-0.3, -0.25) is 4.90 Å². The highest BCUT2D eigenvalue weighted by molar-refractivity contribution is 5.76. The molecule has 0 radical (unpaired) electrons. The van der Waals surface area contributed by atoms with E-state index in [0.717, 1.165) is 66.6 Å². The molecule has 0 spiro atoms. The van der Waals surface area contributed by atoms with Crippen molar-refractivity contribution in [1.82, 2.24) is 24.3 Å². The van der Waals surface area contributed by atoms with Crippen LogP contribution in [0.25, 0.3) is 16.7 Å². The fourth-order valence-electron chi connectivity index (χ4n) is 3.79. The van der Waals surface area contributed by atoms with Crippen LogP contribution in [-0.4, -0.2) is 50.4 Å². The topological polar surface area (TPSA) is 49.6 Å². The fourth-order valence-corrected chi connectivity index (χ4v) is 3.79. The highest BCUT2D eigenvalue weighted by Gasteiger charge is 2.21. The van der Waals surface area contributed by atoms with E-state index in [1.807, 2.05) is 48.7 Å². The van der Waals surface area contributed by atoms with Crippen molar-refractivity contribution in [3.8, 4) is 0 Å². The summed E-state index contributed by atoms with van der Waals surface area (Å²) in [6, 6.07) is 14.2. The van der Waals surface area contributed by atoms with Crippen LogP contribution in [0.2, 0.25) is 0 Å². The maximum Gasteiger partial charge on any atom is 0.150 e. The predicted molar refractivity (Wildman–Crippen MR) is 107 cm³/mol. The zero-order valence-electron chi connectivity index (χ0n) is 15.4. The third-order valence-electron chi connectivity index (χ3n) is 5.19. The smallest absolute Gasteiger partial charge is 0.150 e. The molecule has 4 heterocycles. The van der Waals surface area contributed by atoms with Gasteiger partial charge in [-0.1, -0.05) is 18.2 Å². The Morgan fingerprint density at radius 2 is 1.59 bits per heavy atom. The molecule has 6 nitrogen and oxygen atoms in total. The Morgan fingerprint density at radius 3 is 2.37 bits per heavy atom. The number of pyridine rings is 1. The van der Waals surface area contributed by atoms with Crippen LogP contribution in [0.5, 0.6) is 0 Å². The number of hydrogen-bond donors (Lipinski definition) is 0. The molecule has 1 fully saturated rings. The van der Waals surface area contributed by atoms with E-state index in [0.29, 0.717) is 0 Å². The molecule has 0 atom stereocenters. The van der Waals surface area contributed by atoms with Crippen molar-refractivity contribution in [3.63, 3.8) is 0 Å². The minimum absolute atomic E-state index is 0.887. The number of anilines is 1. The van der Waals surface area contributed by atoms with Crippen molar-refractivity contribution >= 4 is 22.5 Å². The molecule has 1 saturated heterocycles. The average Bonchev–Trinajstić information content (AvgIpc) is 3.10. The standard InChI is InChI=1S/C21H22N6/c1-16-21(24-19-7-3-2-6-18(19)22-16)26-12-10-25(11-13-26)14-17-15-27-9-5-4-8-20(27)23-17/h2-9,15H,10-14H2,1H3. The van der Waals surface area contributed by atoms with Crippen molar-refractivity contribution < 1.29 is 0 Å². The SMILES string of the molecule is Cc1nc2ccccc2nc1N1CCN(Cc2cn3ccccc3n2)CC1. The first-order valence-corrected chi connectivity index (χ1v) is 9.39. The molecule has 4 aromatic rings. The minimum atomic E-state index is 0.887. The van der Waals surface area contributed by atoms with Gasteiger partial charge in [0, 0.05) is 45.1 Å². The van der Waals surface area contributed by atoms with Gasteiger partial charge in [-0.15, -0.1) is 0 Å². The van der Waals surface area contributed by atoms with Crippen molar-refractivity contribution in [2.45, 2.75) is 13.5 Å². The Bertz CT molecular complexity index is 1060. The van der Waals surface area contributed by atoms with Crippen LogP contribution in [0.3, 0.4) is 0 Å². The lowest BCUT2D eigenvalue weighted by atomic mass is 10.2. The van der Waals surface area contributed by atoms with Gasteiger partial charge < -0.3 is 9.30 Å². The first kappa shape index (κ1) is 16.2. The van der Waals surface area contributed by atoms with E-state index >= 15 is 0 Å². The number of nitrogens with zero attached hydrogens (tertiary/aromatic N) is 6. The molecular formula is C21H22N6. The molecule has 6 heteroatoms. The van der Waals surface area contributed by atoms with Gasteiger partial charge in [-0.2, -0.15) is 0 Å². The summed E-state index contributed by atoms with van der Waals surface area (Å²) >= 11 is 0. The molecule has 3 aromatic heterocycles. The number of piperazine rings is 1. The summed E-state index contributed by atoms with van der Waals surface area (Å²) in [7, 11) is 0. The van der Waals surface area contributed by atoms with Crippen LogP contribution in [0.4, 0.5) is 5.82 Å². The number of fused-ring (bicyclic) bond motifs is 2. The number of hydrogen-bond acceptors (Lipinski definition) is 5. The summed E-state index contributed by atoms with van der Waals surface area (Å²) in [5.41, 5.74) is 5.06. The first-order valence-electron chi connectivity index (χ1n) is 9.39. The third kappa shape index (κ3) is 3.13. The minimum Gasteiger partial charge on any atom is -0.353 e. The van der Waals surface area contributed by atoms with Gasteiger partial charge in [0.25, 0.3) is 0 Å². The van der Waals surface area contributed by atoms with Gasteiger partial charge in [0.15, 0.2) is 5.82 Å². The highest BCUT2D eigenvalue weighted by Crippen LogP contribution is 2.21. The van der Waals surface area contributed by atoms with Crippen LogP contribution in [0, 0.1) is 6.92 Å². The zero-order valence-corrected chi connectivity index (χ0v) is 15.4. The Morgan fingerprint density at radius 1 is 0.852 bits per heavy atom.